The molecule has 2 rings (SSSR count). The number of aliphatic hydroxyl groups excluding tert-OH is 2. The molecule has 1 fully saturated rings. The number of piperidine rings is 1. The molecule has 0 spiro atoms. The number of hydrogen-bond acceptors (Lipinski definition) is 5. The molecule has 1 atom stereocenters. The third-order valence-corrected chi connectivity index (χ3v) is 3.64. The topological polar surface area (TPSA) is 73.2 Å². The van der Waals surface area contributed by atoms with Gasteiger partial charge in [0.1, 0.15) is 18.0 Å². The van der Waals surface area contributed by atoms with E-state index in [-0.39, 0.29) is 19.8 Å². The highest BCUT2D eigenvalue weighted by Crippen LogP contribution is 2.25. The van der Waals surface area contributed by atoms with Crippen LogP contribution in [0.15, 0.2) is 24.3 Å². The first-order valence-corrected chi connectivity index (χ1v) is 7.04. The lowest BCUT2D eigenvalue weighted by molar-refractivity contribution is -0.0688. The van der Waals surface area contributed by atoms with Crippen molar-refractivity contribution in [2.75, 3.05) is 32.9 Å². The number of nitrogens with zero attached hydrogens (tertiary/aromatic N) is 1. The molecule has 0 amide bonds. The zero-order valence-electron chi connectivity index (χ0n) is 11.7. The molecule has 0 aromatic heterocycles. The Kier molecular flexibility index (Phi) is 5.37. The van der Waals surface area contributed by atoms with Gasteiger partial charge in [0.2, 0.25) is 0 Å². The summed E-state index contributed by atoms with van der Waals surface area (Å²) >= 11 is 0. The molecule has 1 aliphatic rings. The predicted octanol–water partition coefficient (Wildman–Crippen LogP) is 0.377. The van der Waals surface area contributed by atoms with Crippen molar-refractivity contribution in [1.29, 1.82) is 0 Å². The van der Waals surface area contributed by atoms with Crippen molar-refractivity contribution >= 4 is 0 Å². The first-order chi connectivity index (χ1) is 9.67. The average molecular weight is 281 g/mol. The third kappa shape index (κ3) is 3.93. The standard InChI is InChI=1S/C15H23NO4/c17-8-9-20-14-5-2-1-4-13(14)10-16-7-3-6-15(19,11-16)12-18/h1-2,4-5,17-19H,3,6-12H2. The van der Waals surface area contributed by atoms with Gasteiger partial charge < -0.3 is 20.1 Å². The highest BCUT2D eigenvalue weighted by atomic mass is 16.5. The van der Waals surface area contributed by atoms with Gasteiger partial charge in [0.05, 0.1) is 13.2 Å². The van der Waals surface area contributed by atoms with Gasteiger partial charge in [0.15, 0.2) is 0 Å². The van der Waals surface area contributed by atoms with Crippen LogP contribution in [0.1, 0.15) is 18.4 Å². The minimum absolute atomic E-state index is 0.0116. The normalized spacial score (nSPS) is 23.8. The van der Waals surface area contributed by atoms with Crippen LogP contribution in [0, 0.1) is 0 Å². The Morgan fingerprint density at radius 1 is 1.25 bits per heavy atom. The lowest BCUT2D eigenvalue weighted by Crippen LogP contribution is -2.50. The quantitative estimate of drug-likeness (QED) is 0.703. The Morgan fingerprint density at radius 2 is 2.05 bits per heavy atom. The second-order valence-corrected chi connectivity index (χ2v) is 5.38. The van der Waals surface area contributed by atoms with Crippen LogP contribution in [0.5, 0.6) is 5.75 Å². The van der Waals surface area contributed by atoms with E-state index in [0.717, 1.165) is 24.3 Å². The third-order valence-electron chi connectivity index (χ3n) is 3.64. The molecule has 5 heteroatoms. The largest absolute Gasteiger partial charge is 0.491 e. The molecule has 1 unspecified atom stereocenters. The summed E-state index contributed by atoms with van der Waals surface area (Å²) in [5, 5.41) is 28.3. The second kappa shape index (κ2) is 7.04. The number of likely N-dealkylation sites (tertiary alicyclic amines) is 1. The van der Waals surface area contributed by atoms with Gasteiger partial charge >= 0.3 is 0 Å². The lowest BCUT2D eigenvalue weighted by Gasteiger charge is -2.38. The zero-order valence-corrected chi connectivity index (χ0v) is 11.7. The van der Waals surface area contributed by atoms with Crippen LogP contribution in [0.3, 0.4) is 0 Å². The number of benzene rings is 1. The van der Waals surface area contributed by atoms with E-state index in [2.05, 4.69) is 4.90 Å². The minimum atomic E-state index is -0.987. The summed E-state index contributed by atoms with van der Waals surface area (Å²) in [6, 6.07) is 7.71. The van der Waals surface area contributed by atoms with Gasteiger partial charge in [-0.3, -0.25) is 4.90 Å². The van der Waals surface area contributed by atoms with Crippen LogP contribution in [-0.2, 0) is 6.54 Å². The Bertz CT molecular complexity index is 426. The van der Waals surface area contributed by atoms with E-state index in [9.17, 15) is 10.2 Å². The fraction of sp³-hybridized carbons (Fsp3) is 0.600. The molecule has 1 aromatic carbocycles. The number of hydrogen-bond donors (Lipinski definition) is 3. The SMILES string of the molecule is OCCOc1ccccc1CN1CCCC(O)(CO)C1. The molecule has 5 nitrogen and oxygen atoms in total. The molecule has 0 saturated carbocycles. The van der Waals surface area contributed by atoms with Gasteiger partial charge in [-0.1, -0.05) is 18.2 Å². The summed E-state index contributed by atoms with van der Waals surface area (Å²) in [5.41, 5.74) is 0.0437. The summed E-state index contributed by atoms with van der Waals surface area (Å²) in [7, 11) is 0. The number of β-amino-alcohol motifs (C(OH)–C–C–N with tert-alkyl or cyclic N) is 1. The highest BCUT2D eigenvalue weighted by molar-refractivity contribution is 5.33. The van der Waals surface area contributed by atoms with E-state index in [1.54, 1.807) is 0 Å². The maximum Gasteiger partial charge on any atom is 0.123 e. The molecule has 0 radical (unpaired) electrons. The predicted molar refractivity (Wildman–Crippen MR) is 75.6 cm³/mol. The Balaban J connectivity index is 2.02. The summed E-state index contributed by atoms with van der Waals surface area (Å²) in [5.74, 6) is 0.764. The van der Waals surface area contributed by atoms with Crippen LogP contribution < -0.4 is 4.74 Å². The van der Waals surface area contributed by atoms with E-state index >= 15 is 0 Å². The molecule has 20 heavy (non-hydrogen) atoms. The zero-order chi connectivity index (χ0) is 14.4. The molecule has 0 bridgehead atoms. The second-order valence-electron chi connectivity index (χ2n) is 5.38. The van der Waals surface area contributed by atoms with Crippen molar-refractivity contribution in [3.05, 3.63) is 29.8 Å². The van der Waals surface area contributed by atoms with Crippen LogP contribution in [0.4, 0.5) is 0 Å². The van der Waals surface area contributed by atoms with Crippen molar-refractivity contribution in [1.82, 2.24) is 4.90 Å². The van der Waals surface area contributed by atoms with Gasteiger partial charge in [-0.25, -0.2) is 0 Å². The summed E-state index contributed by atoms with van der Waals surface area (Å²) < 4.78 is 5.52. The summed E-state index contributed by atoms with van der Waals surface area (Å²) in [4.78, 5) is 2.13. The Morgan fingerprint density at radius 3 is 2.80 bits per heavy atom. The maximum atomic E-state index is 10.2. The highest BCUT2D eigenvalue weighted by Gasteiger charge is 2.32. The van der Waals surface area contributed by atoms with Gasteiger partial charge in [0, 0.05) is 18.7 Å². The van der Waals surface area contributed by atoms with Crippen molar-refractivity contribution < 1.29 is 20.1 Å². The van der Waals surface area contributed by atoms with Gasteiger partial charge in [-0.05, 0) is 25.5 Å². The molecule has 3 N–H and O–H groups in total. The van der Waals surface area contributed by atoms with Gasteiger partial charge in [0.25, 0.3) is 0 Å². The van der Waals surface area contributed by atoms with E-state index in [0.29, 0.717) is 19.5 Å². The fourth-order valence-corrected chi connectivity index (χ4v) is 2.64. The van der Waals surface area contributed by atoms with E-state index < -0.39 is 5.60 Å². The number of ether oxygens (including phenoxy) is 1. The Hall–Kier alpha value is -1.14. The van der Waals surface area contributed by atoms with Gasteiger partial charge in [-0.15, -0.1) is 0 Å². The molecule has 112 valence electrons. The number of para-hydroxylation sites is 1. The van der Waals surface area contributed by atoms with E-state index in [4.69, 9.17) is 9.84 Å². The summed E-state index contributed by atoms with van der Waals surface area (Å²) in [6.07, 6.45) is 1.51. The number of rotatable bonds is 6. The first-order valence-electron chi connectivity index (χ1n) is 7.04. The molecule has 1 heterocycles. The van der Waals surface area contributed by atoms with Crippen molar-refractivity contribution in [3.63, 3.8) is 0 Å². The van der Waals surface area contributed by atoms with E-state index in [1.165, 1.54) is 0 Å². The molecular formula is C15H23NO4. The fourth-order valence-electron chi connectivity index (χ4n) is 2.64. The van der Waals surface area contributed by atoms with Gasteiger partial charge in [-0.2, -0.15) is 0 Å². The molecular weight excluding hydrogens is 258 g/mol. The molecule has 0 aliphatic carbocycles. The van der Waals surface area contributed by atoms with Crippen molar-refractivity contribution in [2.24, 2.45) is 0 Å². The monoisotopic (exact) mass is 281 g/mol. The first kappa shape index (κ1) is 15.3. The average Bonchev–Trinajstić information content (AvgIpc) is 2.46. The molecule has 1 aromatic rings. The lowest BCUT2D eigenvalue weighted by atomic mass is 9.93. The van der Waals surface area contributed by atoms with Crippen LogP contribution in [-0.4, -0.2) is 58.7 Å². The maximum absolute atomic E-state index is 10.2. The van der Waals surface area contributed by atoms with Crippen LogP contribution in [0.2, 0.25) is 0 Å². The Labute approximate surface area is 119 Å². The van der Waals surface area contributed by atoms with Crippen LogP contribution >= 0.6 is 0 Å². The smallest absolute Gasteiger partial charge is 0.123 e. The van der Waals surface area contributed by atoms with Crippen molar-refractivity contribution in [2.45, 2.75) is 25.0 Å². The van der Waals surface area contributed by atoms with Crippen molar-refractivity contribution in [3.8, 4) is 5.75 Å². The minimum Gasteiger partial charge on any atom is -0.491 e. The molecule has 1 saturated heterocycles. The number of aliphatic hydroxyl groups is 3. The summed E-state index contributed by atoms with van der Waals surface area (Å²) in [6.45, 7) is 2.10. The molecule has 1 aliphatic heterocycles. The van der Waals surface area contributed by atoms with Crippen LogP contribution in [0.25, 0.3) is 0 Å². The van der Waals surface area contributed by atoms with E-state index in [1.807, 2.05) is 24.3 Å².